The third-order valence-corrected chi connectivity index (χ3v) is 7.97. The van der Waals surface area contributed by atoms with E-state index in [4.69, 9.17) is 14.7 Å². The molecule has 0 amide bonds. The van der Waals surface area contributed by atoms with E-state index in [1.807, 2.05) is 6.92 Å². The van der Waals surface area contributed by atoms with Crippen molar-refractivity contribution in [2.45, 2.75) is 43.4 Å². The van der Waals surface area contributed by atoms with E-state index < -0.39 is 15.8 Å². The number of hydrogen-bond donors (Lipinski definition) is 0. The Bertz CT molecular complexity index is 1050. The number of piperidine rings is 1. The predicted octanol–water partition coefficient (Wildman–Crippen LogP) is 2.88. The molecule has 0 aliphatic carbocycles. The number of aryl methyl sites for hydroxylation is 1. The Hall–Kier alpha value is -2.26. The minimum absolute atomic E-state index is 0.102. The van der Waals surface area contributed by atoms with E-state index in [0.717, 1.165) is 42.8 Å². The predicted molar refractivity (Wildman–Crippen MR) is 112 cm³/mol. The van der Waals surface area contributed by atoms with E-state index >= 15 is 0 Å². The van der Waals surface area contributed by atoms with Gasteiger partial charge in [-0.15, -0.1) is 0 Å². The van der Waals surface area contributed by atoms with E-state index in [-0.39, 0.29) is 16.6 Å². The Morgan fingerprint density at radius 3 is 2.60 bits per heavy atom. The molecule has 7 nitrogen and oxygen atoms in total. The molecule has 162 valence electrons. The molecule has 0 saturated carbocycles. The molecular weight excluding hydrogens is 407 g/mol. The van der Waals surface area contributed by atoms with Crippen LogP contribution in [0.25, 0.3) is 0 Å². The molecule has 0 spiro atoms. The highest BCUT2D eigenvalue weighted by molar-refractivity contribution is 7.89. The lowest BCUT2D eigenvalue weighted by molar-refractivity contribution is 0.311. The first-order valence-electron chi connectivity index (χ1n) is 10.2. The SMILES string of the molecule is COc1ccc(F)cc1S(=O)(=O)N1CCC(c2nc(C)c3c(n2)N(C)CCC3)CC1. The van der Waals surface area contributed by atoms with Crippen LogP contribution in [0.1, 0.15) is 42.3 Å². The quantitative estimate of drug-likeness (QED) is 0.737. The van der Waals surface area contributed by atoms with Gasteiger partial charge in [0, 0.05) is 43.9 Å². The van der Waals surface area contributed by atoms with Gasteiger partial charge < -0.3 is 9.64 Å². The molecule has 0 bridgehead atoms. The van der Waals surface area contributed by atoms with E-state index in [1.165, 1.54) is 29.1 Å². The monoisotopic (exact) mass is 434 g/mol. The zero-order chi connectivity index (χ0) is 21.5. The van der Waals surface area contributed by atoms with Crippen molar-refractivity contribution in [3.63, 3.8) is 0 Å². The van der Waals surface area contributed by atoms with Crippen LogP contribution in [0.5, 0.6) is 5.75 Å². The summed E-state index contributed by atoms with van der Waals surface area (Å²) < 4.78 is 46.4. The van der Waals surface area contributed by atoms with E-state index in [1.54, 1.807) is 0 Å². The number of rotatable bonds is 4. The molecule has 0 radical (unpaired) electrons. The van der Waals surface area contributed by atoms with Crippen molar-refractivity contribution in [3.05, 3.63) is 41.1 Å². The van der Waals surface area contributed by atoms with Gasteiger partial charge in [0.25, 0.3) is 0 Å². The Morgan fingerprint density at radius 1 is 1.17 bits per heavy atom. The summed E-state index contributed by atoms with van der Waals surface area (Å²) >= 11 is 0. The maximum Gasteiger partial charge on any atom is 0.246 e. The minimum atomic E-state index is -3.84. The lowest BCUT2D eigenvalue weighted by Crippen LogP contribution is -2.38. The fourth-order valence-electron chi connectivity index (χ4n) is 4.34. The number of methoxy groups -OCH3 is 1. The molecule has 2 aliphatic heterocycles. The summed E-state index contributed by atoms with van der Waals surface area (Å²) in [5.41, 5.74) is 2.23. The van der Waals surface area contributed by atoms with Crippen molar-refractivity contribution in [1.29, 1.82) is 0 Å². The molecule has 0 N–H and O–H groups in total. The summed E-state index contributed by atoms with van der Waals surface area (Å²) in [6.07, 6.45) is 3.35. The third kappa shape index (κ3) is 3.76. The second-order valence-corrected chi connectivity index (χ2v) is 9.87. The molecule has 1 aromatic carbocycles. The number of anilines is 1. The van der Waals surface area contributed by atoms with Crippen LogP contribution in [-0.4, -0.2) is 56.5 Å². The first-order valence-corrected chi connectivity index (χ1v) is 11.7. The summed E-state index contributed by atoms with van der Waals surface area (Å²) in [6, 6.07) is 3.55. The zero-order valence-electron chi connectivity index (χ0n) is 17.6. The van der Waals surface area contributed by atoms with Gasteiger partial charge in [0.2, 0.25) is 10.0 Å². The number of fused-ring (bicyclic) bond motifs is 1. The van der Waals surface area contributed by atoms with Gasteiger partial charge in [-0.1, -0.05) is 0 Å². The molecule has 4 rings (SSSR count). The molecule has 1 aromatic heterocycles. The van der Waals surface area contributed by atoms with E-state index in [0.29, 0.717) is 25.9 Å². The van der Waals surface area contributed by atoms with Gasteiger partial charge in [-0.25, -0.2) is 22.8 Å². The molecule has 30 heavy (non-hydrogen) atoms. The van der Waals surface area contributed by atoms with Crippen LogP contribution in [0.2, 0.25) is 0 Å². The second kappa shape index (κ2) is 8.11. The highest BCUT2D eigenvalue weighted by Crippen LogP contribution is 2.34. The molecule has 2 aromatic rings. The summed E-state index contributed by atoms with van der Waals surface area (Å²) in [5, 5.41) is 0. The average Bonchev–Trinajstić information content (AvgIpc) is 2.74. The van der Waals surface area contributed by atoms with Crippen LogP contribution < -0.4 is 9.64 Å². The fraction of sp³-hybridized carbons (Fsp3) is 0.524. The Kier molecular flexibility index (Phi) is 5.67. The van der Waals surface area contributed by atoms with Gasteiger partial charge in [0.1, 0.15) is 28.1 Å². The van der Waals surface area contributed by atoms with Gasteiger partial charge in [0.15, 0.2) is 0 Å². The molecule has 0 unspecified atom stereocenters. The maximum atomic E-state index is 13.7. The van der Waals surface area contributed by atoms with Crippen molar-refractivity contribution in [1.82, 2.24) is 14.3 Å². The largest absolute Gasteiger partial charge is 0.495 e. The Morgan fingerprint density at radius 2 is 1.90 bits per heavy atom. The smallest absolute Gasteiger partial charge is 0.246 e. The van der Waals surface area contributed by atoms with Crippen LogP contribution in [-0.2, 0) is 16.4 Å². The van der Waals surface area contributed by atoms with Gasteiger partial charge >= 0.3 is 0 Å². The van der Waals surface area contributed by atoms with Crippen LogP contribution in [0.15, 0.2) is 23.1 Å². The summed E-state index contributed by atoms with van der Waals surface area (Å²) in [7, 11) is -0.413. The maximum absolute atomic E-state index is 13.7. The van der Waals surface area contributed by atoms with Crippen molar-refractivity contribution in [2.24, 2.45) is 0 Å². The third-order valence-electron chi connectivity index (χ3n) is 6.05. The van der Waals surface area contributed by atoms with Gasteiger partial charge in [-0.3, -0.25) is 0 Å². The molecule has 3 heterocycles. The lowest BCUT2D eigenvalue weighted by Gasteiger charge is -2.32. The highest BCUT2D eigenvalue weighted by Gasteiger charge is 2.34. The lowest BCUT2D eigenvalue weighted by atomic mass is 9.96. The Balaban J connectivity index is 1.54. The normalized spacial score (nSPS) is 18.3. The number of halogens is 1. The summed E-state index contributed by atoms with van der Waals surface area (Å²) in [6.45, 7) is 3.68. The van der Waals surface area contributed by atoms with Crippen LogP contribution >= 0.6 is 0 Å². The van der Waals surface area contributed by atoms with Crippen molar-refractivity contribution in [2.75, 3.05) is 38.7 Å². The van der Waals surface area contributed by atoms with Gasteiger partial charge in [-0.05, 0) is 50.8 Å². The molecule has 0 atom stereocenters. The van der Waals surface area contributed by atoms with Crippen LogP contribution in [0, 0.1) is 12.7 Å². The van der Waals surface area contributed by atoms with Gasteiger partial charge in [0.05, 0.1) is 7.11 Å². The zero-order valence-corrected chi connectivity index (χ0v) is 18.4. The number of ether oxygens (including phenoxy) is 1. The number of nitrogens with zero attached hydrogens (tertiary/aromatic N) is 4. The summed E-state index contributed by atoms with van der Waals surface area (Å²) in [5.74, 6) is 1.44. The molecule has 2 aliphatic rings. The molecule has 1 fully saturated rings. The number of benzene rings is 1. The molecule has 9 heteroatoms. The average molecular weight is 435 g/mol. The van der Waals surface area contributed by atoms with Crippen LogP contribution in [0.4, 0.5) is 10.2 Å². The number of aromatic nitrogens is 2. The van der Waals surface area contributed by atoms with E-state index in [9.17, 15) is 12.8 Å². The highest BCUT2D eigenvalue weighted by atomic mass is 32.2. The first kappa shape index (κ1) is 21.0. The van der Waals surface area contributed by atoms with Crippen molar-refractivity contribution < 1.29 is 17.5 Å². The van der Waals surface area contributed by atoms with Gasteiger partial charge in [-0.2, -0.15) is 4.31 Å². The number of hydrogen-bond acceptors (Lipinski definition) is 6. The second-order valence-electron chi connectivity index (χ2n) is 7.97. The van der Waals surface area contributed by atoms with Crippen LogP contribution in [0.3, 0.4) is 0 Å². The summed E-state index contributed by atoms with van der Waals surface area (Å²) in [4.78, 5) is 11.6. The fourth-order valence-corrected chi connectivity index (χ4v) is 5.97. The molecule has 1 saturated heterocycles. The Labute approximate surface area is 176 Å². The first-order chi connectivity index (χ1) is 14.3. The molecular formula is C21H27FN4O3S. The van der Waals surface area contributed by atoms with Crippen molar-refractivity contribution in [3.8, 4) is 5.75 Å². The number of sulfonamides is 1. The standard InChI is InChI=1S/C21H27FN4O3S/c1-14-17-5-4-10-25(2)21(17)24-20(23-14)15-8-11-26(12-9-15)30(27,28)19-13-16(22)6-7-18(19)29-3/h6-7,13,15H,4-5,8-12H2,1-3H3. The topological polar surface area (TPSA) is 75.6 Å². The van der Waals surface area contributed by atoms with Crippen molar-refractivity contribution >= 4 is 15.8 Å². The van der Waals surface area contributed by atoms with E-state index in [2.05, 4.69) is 11.9 Å². The minimum Gasteiger partial charge on any atom is -0.495 e.